The second-order valence-corrected chi connectivity index (χ2v) is 4.81. The molecule has 0 aliphatic carbocycles. The Labute approximate surface area is 121 Å². The number of carbonyl (C=O) groups is 1. The van der Waals surface area contributed by atoms with Crippen LogP contribution in [-0.2, 0) is 4.74 Å². The fourth-order valence-electron chi connectivity index (χ4n) is 2.25. The largest absolute Gasteiger partial charge is 0.489 e. The molecule has 1 aromatic heterocycles. The summed E-state index contributed by atoms with van der Waals surface area (Å²) in [4.78, 5) is 10.9. The maximum absolute atomic E-state index is 10.9. The summed E-state index contributed by atoms with van der Waals surface area (Å²) in [6.45, 7) is 1.39. The lowest BCUT2D eigenvalue weighted by molar-refractivity contribution is 0.0257. The predicted octanol–water partition coefficient (Wildman–Crippen LogP) is 2.60. The summed E-state index contributed by atoms with van der Waals surface area (Å²) in [5.74, 6) is -0.0691. The van der Waals surface area contributed by atoms with Gasteiger partial charge in [-0.3, -0.25) is 0 Å². The van der Waals surface area contributed by atoms with Gasteiger partial charge in [0.15, 0.2) is 11.5 Å². The smallest absolute Gasteiger partial charge is 0.358 e. The molecule has 6 nitrogen and oxygen atoms in total. The molecule has 0 bridgehead atoms. The molecule has 1 aliphatic rings. The van der Waals surface area contributed by atoms with E-state index in [1.807, 2.05) is 24.3 Å². The summed E-state index contributed by atoms with van der Waals surface area (Å²) in [5, 5.41) is 12.4. The average Bonchev–Trinajstić information content (AvgIpc) is 2.99. The molecule has 0 amide bonds. The maximum Gasteiger partial charge on any atom is 0.358 e. The third kappa shape index (κ3) is 3.05. The van der Waals surface area contributed by atoms with Crippen LogP contribution < -0.4 is 4.74 Å². The summed E-state index contributed by atoms with van der Waals surface area (Å²) in [6.07, 6.45) is 1.78. The van der Waals surface area contributed by atoms with Crippen LogP contribution in [0.1, 0.15) is 23.3 Å². The zero-order valence-electron chi connectivity index (χ0n) is 11.3. The SMILES string of the molecule is O=C(O)c1cc(-c2ccccc2OC2CCOCC2)on1. The van der Waals surface area contributed by atoms with Crippen LogP contribution in [0.25, 0.3) is 11.3 Å². The van der Waals surface area contributed by atoms with Gasteiger partial charge in [-0.25, -0.2) is 4.79 Å². The van der Waals surface area contributed by atoms with E-state index in [2.05, 4.69) is 5.16 Å². The Hall–Kier alpha value is -2.34. The number of aromatic nitrogens is 1. The summed E-state index contributed by atoms with van der Waals surface area (Å²) >= 11 is 0. The van der Waals surface area contributed by atoms with Crippen LogP contribution in [0, 0.1) is 0 Å². The Morgan fingerprint density at radius 3 is 2.76 bits per heavy atom. The predicted molar refractivity (Wildman–Crippen MR) is 73.4 cm³/mol. The van der Waals surface area contributed by atoms with E-state index in [1.54, 1.807) is 0 Å². The van der Waals surface area contributed by atoms with E-state index in [1.165, 1.54) is 6.07 Å². The Balaban J connectivity index is 1.85. The van der Waals surface area contributed by atoms with Gasteiger partial charge in [0.05, 0.1) is 18.8 Å². The van der Waals surface area contributed by atoms with Crippen molar-refractivity contribution in [3.8, 4) is 17.1 Å². The Kier molecular flexibility index (Phi) is 3.87. The first-order valence-corrected chi connectivity index (χ1v) is 6.78. The highest BCUT2D eigenvalue weighted by Crippen LogP contribution is 2.32. The van der Waals surface area contributed by atoms with Crippen LogP contribution in [0.3, 0.4) is 0 Å². The molecule has 1 fully saturated rings. The van der Waals surface area contributed by atoms with Crippen LogP contribution in [-0.4, -0.2) is 35.6 Å². The molecule has 1 aromatic carbocycles. The highest BCUT2D eigenvalue weighted by Gasteiger charge is 2.19. The van der Waals surface area contributed by atoms with E-state index < -0.39 is 5.97 Å². The molecule has 0 spiro atoms. The highest BCUT2D eigenvalue weighted by molar-refractivity contribution is 5.86. The van der Waals surface area contributed by atoms with Crippen LogP contribution >= 0.6 is 0 Å². The molecule has 0 unspecified atom stereocenters. The monoisotopic (exact) mass is 289 g/mol. The molecule has 21 heavy (non-hydrogen) atoms. The summed E-state index contributed by atoms with van der Waals surface area (Å²) in [6, 6.07) is 8.77. The lowest BCUT2D eigenvalue weighted by Crippen LogP contribution is -2.26. The molecular weight excluding hydrogens is 274 g/mol. The molecule has 2 aromatic rings. The van der Waals surface area contributed by atoms with E-state index in [9.17, 15) is 4.79 Å². The fourth-order valence-corrected chi connectivity index (χ4v) is 2.25. The van der Waals surface area contributed by atoms with Gasteiger partial charge in [0, 0.05) is 18.9 Å². The van der Waals surface area contributed by atoms with Gasteiger partial charge in [-0.15, -0.1) is 0 Å². The third-order valence-electron chi connectivity index (χ3n) is 3.34. The number of hydrogen-bond donors (Lipinski definition) is 1. The minimum absolute atomic E-state index is 0.0989. The van der Waals surface area contributed by atoms with Crippen LogP contribution in [0.2, 0.25) is 0 Å². The number of carboxylic acids is 1. The number of nitrogens with zero attached hydrogens (tertiary/aromatic N) is 1. The van der Waals surface area contributed by atoms with Gasteiger partial charge < -0.3 is 19.1 Å². The lowest BCUT2D eigenvalue weighted by atomic mass is 10.1. The number of para-hydroxylation sites is 1. The Morgan fingerprint density at radius 2 is 2.05 bits per heavy atom. The first-order valence-electron chi connectivity index (χ1n) is 6.78. The van der Waals surface area contributed by atoms with E-state index in [0.29, 0.717) is 30.3 Å². The van der Waals surface area contributed by atoms with Crippen molar-refractivity contribution in [2.75, 3.05) is 13.2 Å². The molecule has 2 heterocycles. The van der Waals surface area contributed by atoms with Gasteiger partial charge in [-0.2, -0.15) is 0 Å². The van der Waals surface area contributed by atoms with Crippen molar-refractivity contribution in [1.29, 1.82) is 0 Å². The maximum atomic E-state index is 10.9. The third-order valence-corrected chi connectivity index (χ3v) is 3.34. The van der Waals surface area contributed by atoms with Gasteiger partial charge in [-0.05, 0) is 12.1 Å². The fraction of sp³-hybridized carbons (Fsp3) is 0.333. The van der Waals surface area contributed by atoms with Crippen LogP contribution in [0.15, 0.2) is 34.9 Å². The standard InChI is InChI=1S/C15H15NO5/c17-15(18)12-9-14(21-16-12)11-3-1-2-4-13(11)20-10-5-7-19-8-6-10/h1-4,9-10H,5-8H2,(H,17,18). The minimum atomic E-state index is -1.12. The molecule has 0 atom stereocenters. The van der Waals surface area contributed by atoms with E-state index in [0.717, 1.165) is 12.8 Å². The highest BCUT2D eigenvalue weighted by atomic mass is 16.5. The number of rotatable bonds is 4. The van der Waals surface area contributed by atoms with Gasteiger partial charge in [-0.1, -0.05) is 17.3 Å². The van der Waals surface area contributed by atoms with Gasteiger partial charge in [0.25, 0.3) is 0 Å². The Morgan fingerprint density at radius 1 is 1.29 bits per heavy atom. The quantitative estimate of drug-likeness (QED) is 0.931. The second kappa shape index (κ2) is 5.97. The lowest BCUT2D eigenvalue weighted by Gasteiger charge is -2.24. The normalized spacial score (nSPS) is 15.8. The van der Waals surface area contributed by atoms with Crippen molar-refractivity contribution in [2.24, 2.45) is 0 Å². The molecule has 0 saturated carbocycles. The van der Waals surface area contributed by atoms with Crippen molar-refractivity contribution >= 4 is 5.97 Å². The number of carboxylic acid groups (broad SMARTS) is 1. The first kappa shape index (κ1) is 13.6. The minimum Gasteiger partial charge on any atom is -0.489 e. The number of benzene rings is 1. The van der Waals surface area contributed by atoms with Crippen LogP contribution in [0.5, 0.6) is 5.75 Å². The van der Waals surface area contributed by atoms with Crippen molar-refractivity contribution in [3.05, 3.63) is 36.0 Å². The summed E-state index contributed by atoms with van der Waals surface area (Å²) < 4.78 is 16.4. The van der Waals surface area contributed by atoms with E-state index in [4.69, 9.17) is 19.1 Å². The molecule has 1 saturated heterocycles. The van der Waals surface area contributed by atoms with Crippen molar-refractivity contribution in [1.82, 2.24) is 5.16 Å². The zero-order chi connectivity index (χ0) is 14.7. The first-order chi connectivity index (χ1) is 10.2. The zero-order valence-corrected chi connectivity index (χ0v) is 11.3. The van der Waals surface area contributed by atoms with E-state index in [-0.39, 0.29) is 11.8 Å². The summed E-state index contributed by atoms with van der Waals surface area (Å²) in [5.41, 5.74) is 0.579. The summed E-state index contributed by atoms with van der Waals surface area (Å²) in [7, 11) is 0. The molecule has 3 rings (SSSR count). The Bertz CT molecular complexity index is 630. The van der Waals surface area contributed by atoms with Gasteiger partial charge in [0.1, 0.15) is 11.9 Å². The molecule has 1 N–H and O–H groups in total. The number of aromatic carboxylic acids is 1. The van der Waals surface area contributed by atoms with Gasteiger partial charge >= 0.3 is 5.97 Å². The number of hydrogen-bond acceptors (Lipinski definition) is 5. The molecular formula is C15H15NO5. The van der Waals surface area contributed by atoms with Crippen molar-refractivity contribution < 1.29 is 23.9 Å². The second-order valence-electron chi connectivity index (χ2n) is 4.81. The molecule has 0 radical (unpaired) electrons. The van der Waals surface area contributed by atoms with Gasteiger partial charge in [0.2, 0.25) is 0 Å². The van der Waals surface area contributed by atoms with E-state index >= 15 is 0 Å². The van der Waals surface area contributed by atoms with Crippen molar-refractivity contribution in [3.63, 3.8) is 0 Å². The molecule has 1 aliphatic heterocycles. The topological polar surface area (TPSA) is 81.8 Å². The molecule has 6 heteroatoms. The van der Waals surface area contributed by atoms with Crippen molar-refractivity contribution in [2.45, 2.75) is 18.9 Å². The number of ether oxygens (including phenoxy) is 2. The van der Waals surface area contributed by atoms with Crippen LogP contribution in [0.4, 0.5) is 0 Å². The molecule has 110 valence electrons. The average molecular weight is 289 g/mol.